The van der Waals surface area contributed by atoms with Crippen LogP contribution in [0.2, 0.25) is 0 Å². The Morgan fingerprint density at radius 2 is 2.00 bits per heavy atom. The number of piperidine rings is 1. The van der Waals surface area contributed by atoms with E-state index in [4.69, 9.17) is 14.9 Å². The molecule has 1 fully saturated rings. The molecule has 2 rings (SSSR count). The average Bonchev–Trinajstić information content (AvgIpc) is 2.90. The molecule has 0 bridgehead atoms. The summed E-state index contributed by atoms with van der Waals surface area (Å²) in [7, 11) is 0. The van der Waals surface area contributed by atoms with Gasteiger partial charge in [0.15, 0.2) is 0 Å². The Labute approximate surface area is 127 Å². The standard InChI is InChI=1S/C15H28N4O2/c1-15(2,3)14-18-17-13(21-14)11-19-8-5-12(6-9-19)20-10-4-7-16/h12H,4-11,16H2,1-3H3. The van der Waals surface area contributed by atoms with Gasteiger partial charge in [-0.25, -0.2) is 0 Å². The lowest BCUT2D eigenvalue weighted by Crippen LogP contribution is -2.36. The maximum Gasteiger partial charge on any atom is 0.230 e. The molecule has 0 aliphatic carbocycles. The molecule has 0 amide bonds. The van der Waals surface area contributed by atoms with Gasteiger partial charge in [0.05, 0.1) is 12.6 Å². The van der Waals surface area contributed by atoms with E-state index in [0.717, 1.165) is 45.5 Å². The lowest BCUT2D eigenvalue weighted by Gasteiger charge is -2.30. The summed E-state index contributed by atoms with van der Waals surface area (Å²) < 4.78 is 11.6. The molecule has 2 N–H and O–H groups in total. The second kappa shape index (κ2) is 7.33. The minimum atomic E-state index is -0.0882. The van der Waals surface area contributed by atoms with Crippen molar-refractivity contribution in [1.29, 1.82) is 0 Å². The average molecular weight is 296 g/mol. The van der Waals surface area contributed by atoms with Gasteiger partial charge in [0, 0.05) is 25.1 Å². The Morgan fingerprint density at radius 3 is 2.57 bits per heavy atom. The van der Waals surface area contributed by atoms with Gasteiger partial charge in [-0.1, -0.05) is 20.8 Å². The maximum absolute atomic E-state index is 5.81. The van der Waals surface area contributed by atoms with E-state index in [1.54, 1.807) is 0 Å². The second-order valence-corrected chi connectivity index (χ2v) is 6.74. The van der Waals surface area contributed by atoms with Crippen LogP contribution in [0.1, 0.15) is 51.8 Å². The summed E-state index contributed by atoms with van der Waals surface area (Å²) in [5.74, 6) is 1.42. The number of nitrogens with two attached hydrogens (primary N) is 1. The number of ether oxygens (including phenoxy) is 1. The van der Waals surface area contributed by atoms with Gasteiger partial charge in [-0.05, 0) is 25.8 Å². The smallest absolute Gasteiger partial charge is 0.230 e. The van der Waals surface area contributed by atoms with Crippen LogP contribution in [-0.2, 0) is 16.7 Å². The molecule has 1 aliphatic rings. The minimum Gasteiger partial charge on any atom is -0.423 e. The summed E-state index contributed by atoms with van der Waals surface area (Å²) >= 11 is 0. The highest BCUT2D eigenvalue weighted by atomic mass is 16.5. The van der Waals surface area contributed by atoms with Crippen molar-refractivity contribution >= 4 is 0 Å². The zero-order valence-corrected chi connectivity index (χ0v) is 13.5. The van der Waals surface area contributed by atoms with Crippen LogP contribution in [0.15, 0.2) is 4.42 Å². The third-order valence-corrected chi connectivity index (χ3v) is 3.70. The number of aromatic nitrogens is 2. The zero-order chi connectivity index (χ0) is 15.3. The Kier molecular flexibility index (Phi) is 5.72. The van der Waals surface area contributed by atoms with E-state index >= 15 is 0 Å². The van der Waals surface area contributed by atoms with Crippen molar-refractivity contribution in [3.05, 3.63) is 11.8 Å². The summed E-state index contributed by atoms with van der Waals surface area (Å²) in [5, 5.41) is 8.29. The Bertz CT molecular complexity index is 420. The van der Waals surface area contributed by atoms with Gasteiger partial charge in [-0.3, -0.25) is 4.90 Å². The van der Waals surface area contributed by atoms with E-state index < -0.39 is 0 Å². The molecule has 21 heavy (non-hydrogen) atoms. The van der Waals surface area contributed by atoms with Crippen LogP contribution >= 0.6 is 0 Å². The number of hydrogen-bond acceptors (Lipinski definition) is 6. The summed E-state index contributed by atoms with van der Waals surface area (Å²) in [6.07, 6.45) is 3.44. The number of hydrogen-bond donors (Lipinski definition) is 1. The van der Waals surface area contributed by atoms with Crippen LogP contribution in [0.3, 0.4) is 0 Å². The van der Waals surface area contributed by atoms with Gasteiger partial charge in [0.1, 0.15) is 0 Å². The zero-order valence-electron chi connectivity index (χ0n) is 13.5. The number of rotatable bonds is 6. The normalized spacial score (nSPS) is 18.3. The number of nitrogens with zero attached hydrogens (tertiary/aromatic N) is 3. The summed E-state index contributed by atoms with van der Waals surface area (Å²) in [5.41, 5.74) is 5.38. The lowest BCUT2D eigenvalue weighted by atomic mass is 9.97. The quantitative estimate of drug-likeness (QED) is 0.805. The summed E-state index contributed by atoms with van der Waals surface area (Å²) in [6, 6.07) is 0. The fourth-order valence-corrected chi connectivity index (χ4v) is 2.38. The van der Waals surface area contributed by atoms with Crippen molar-refractivity contribution in [3.63, 3.8) is 0 Å². The van der Waals surface area contributed by atoms with Crippen LogP contribution in [0.25, 0.3) is 0 Å². The SMILES string of the molecule is CC(C)(C)c1nnc(CN2CCC(OCCCN)CC2)o1. The van der Waals surface area contributed by atoms with Crippen LogP contribution in [0.4, 0.5) is 0 Å². The largest absolute Gasteiger partial charge is 0.423 e. The summed E-state index contributed by atoms with van der Waals surface area (Å²) in [4.78, 5) is 2.35. The third kappa shape index (κ3) is 5.05. The molecule has 0 unspecified atom stereocenters. The molecule has 1 aliphatic heterocycles. The first-order chi connectivity index (χ1) is 9.99. The third-order valence-electron chi connectivity index (χ3n) is 3.70. The molecule has 1 saturated heterocycles. The van der Waals surface area contributed by atoms with Gasteiger partial charge in [0.2, 0.25) is 11.8 Å². The second-order valence-electron chi connectivity index (χ2n) is 6.74. The van der Waals surface area contributed by atoms with Crippen LogP contribution < -0.4 is 5.73 Å². The van der Waals surface area contributed by atoms with Gasteiger partial charge in [-0.2, -0.15) is 0 Å². The van der Waals surface area contributed by atoms with Crippen LogP contribution in [-0.4, -0.2) is 47.4 Å². The molecule has 0 spiro atoms. The fraction of sp³-hybridized carbons (Fsp3) is 0.867. The first kappa shape index (κ1) is 16.4. The first-order valence-corrected chi connectivity index (χ1v) is 7.86. The molecule has 0 atom stereocenters. The molecule has 6 heteroatoms. The van der Waals surface area contributed by atoms with Crippen molar-refractivity contribution in [2.24, 2.45) is 5.73 Å². The van der Waals surface area contributed by atoms with E-state index in [1.165, 1.54) is 0 Å². The molecule has 0 radical (unpaired) electrons. The van der Waals surface area contributed by atoms with E-state index in [2.05, 4.69) is 35.9 Å². The van der Waals surface area contributed by atoms with Gasteiger partial charge >= 0.3 is 0 Å². The monoisotopic (exact) mass is 296 g/mol. The van der Waals surface area contributed by atoms with E-state index in [0.29, 0.717) is 24.4 Å². The van der Waals surface area contributed by atoms with E-state index in [1.807, 2.05) is 0 Å². The molecule has 120 valence electrons. The van der Waals surface area contributed by atoms with Crippen molar-refractivity contribution < 1.29 is 9.15 Å². The molecule has 1 aromatic rings. The molecular weight excluding hydrogens is 268 g/mol. The lowest BCUT2D eigenvalue weighted by molar-refractivity contribution is 0.00402. The van der Waals surface area contributed by atoms with Gasteiger partial charge < -0.3 is 14.9 Å². The van der Waals surface area contributed by atoms with E-state index in [-0.39, 0.29) is 5.41 Å². The van der Waals surface area contributed by atoms with Gasteiger partial charge in [0.25, 0.3) is 0 Å². The topological polar surface area (TPSA) is 77.4 Å². The summed E-state index contributed by atoms with van der Waals surface area (Å²) in [6.45, 7) is 10.5. The maximum atomic E-state index is 5.81. The van der Waals surface area contributed by atoms with Crippen molar-refractivity contribution in [3.8, 4) is 0 Å². The number of likely N-dealkylation sites (tertiary alicyclic amines) is 1. The van der Waals surface area contributed by atoms with Gasteiger partial charge in [-0.15, -0.1) is 10.2 Å². The molecular formula is C15H28N4O2. The molecule has 1 aromatic heterocycles. The Balaban J connectivity index is 1.74. The van der Waals surface area contributed by atoms with Crippen molar-refractivity contribution in [2.45, 2.75) is 58.1 Å². The molecule has 0 saturated carbocycles. The highest BCUT2D eigenvalue weighted by Gasteiger charge is 2.24. The molecule has 2 heterocycles. The van der Waals surface area contributed by atoms with Crippen molar-refractivity contribution in [1.82, 2.24) is 15.1 Å². The fourth-order valence-electron chi connectivity index (χ4n) is 2.38. The first-order valence-electron chi connectivity index (χ1n) is 7.86. The predicted octanol–water partition coefficient (Wildman–Crippen LogP) is 1.70. The molecule has 0 aromatic carbocycles. The van der Waals surface area contributed by atoms with Crippen molar-refractivity contribution in [2.75, 3.05) is 26.2 Å². The highest BCUT2D eigenvalue weighted by molar-refractivity contribution is 4.96. The Morgan fingerprint density at radius 1 is 1.29 bits per heavy atom. The van der Waals surface area contributed by atoms with Crippen LogP contribution in [0, 0.1) is 0 Å². The Hall–Kier alpha value is -0.980. The van der Waals surface area contributed by atoms with Crippen LogP contribution in [0.5, 0.6) is 0 Å². The molecule has 6 nitrogen and oxygen atoms in total. The minimum absolute atomic E-state index is 0.0882. The highest BCUT2D eigenvalue weighted by Crippen LogP contribution is 2.21. The predicted molar refractivity (Wildman–Crippen MR) is 80.9 cm³/mol. The van der Waals surface area contributed by atoms with E-state index in [9.17, 15) is 0 Å².